The van der Waals surface area contributed by atoms with Gasteiger partial charge in [-0.25, -0.2) is 9.97 Å². The van der Waals surface area contributed by atoms with E-state index < -0.39 is 0 Å². The minimum atomic E-state index is 0.579. The first-order valence-electron chi connectivity index (χ1n) is 4.44. The molecule has 2 rings (SSSR count). The third kappa shape index (κ3) is 2.76. The number of nitrogens with one attached hydrogen (secondary N) is 1. The second-order valence-electron chi connectivity index (χ2n) is 3.05. The zero-order valence-corrected chi connectivity index (χ0v) is 9.77. The van der Waals surface area contributed by atoms with Crippen LogP contribution in [0.25, 0.3) is 0 Å². The van der Waals surface area contributed by atoms with Gasteiger partial charge < -0.3 is 5.32 Å². The molecule has 2 aromatic heterocycles. The molecule has 0 radical (unpaired) electrons. The summed E-state index contributed by atoms with van der Waals surface area (Å²) in [5.74, 6) is 1.56. The van der Waals surface area contributed by atoms with Crippen molar-refractivity contribution >= 4 is 21.7 Å². The number of hydrogen-bond donors (Lipinski definition) is 1. The van der Waals surface area contributed by atoms with Crippen molar-refractivity contribution in [2.45, 2.75) is 6.54 Å². The average molecular weight is 268 g/mol. The molecular weight excluding hydrogens is 258 g/mol. The van der Waals surface area contributed by atoms with E-state index in [2.05, 4.69) is 36.3 Å². The molecule has 0 spiro atoms. The van der Waals surface area contributed by atoms with Crippen molar-refractivity contribution in [3.8, 4) is 0 Å². The fourth-order valence-corrected chi connectivity index (χ4v) is 1.35. The van der Waals surface area contributed by atoms with Gasteiger partial charge in [-0.2, -0.15) is 5.10 Å². The molecule has 0 unspecified atom stereocenters. The van der Waals surface area contributed by atoms with E-state index in [1.54, 1.807) is 17.2 Å². The van der Waals surface area contributed by atoms with Crippen LogP contribution in [0.15, 0.2) is 29.1 Å². The van der Waals surface area contributed by atoms with Gasteiger partial charge in [0, 0.05) is 17.7 Å². The number of anilines is 1. The lowest BCUT2D eigenvalue weighted by atomic mass is 10.4. The Morgan fingerprint density at radius 3 is 2.87 bits per heavy atom. The van der Waals surface area contributed by atoms with Crippen LogP contribution in [0.2, 0.25) is 0 Å². The minimum Gasteiger partial charge on any atom is -0.363 e. The van der Waals surface area contributed by atoms with Crippen LogP contribution in [0.5, 0.6) is 0 Å². The van der Waals surface area contributed by atoms with Crippen LogP contribution in [0.1, 0.15) is 5.82 Å². The van der Waals surface area contributed by atoms with Crippen molar-refractivity contribution in [3.63, 3.8) is 0 Å². The topological polar surface area (TPSA) is 55.6 Å². The van der Waals surface area contributed by atoms with E-state index in [0.717, 1.165) is 16.1 Å². The molecule has 78 valence electrons. The van der Waals surface area contributed by atoms with Crippen LogP contribution in [0.4, 0.5) is 5.82 Å². The summed E-state index contributed by atoms with van der Waals surface area (Å²) in [6.07, 6.45) is 3.42. The van der Waals surface area contributed by atoms with E-state index >= 15 is 0 Å². The van der Waals surface area contributed by atoms with Crippen molar-refractivity contribution < 1.29 is 0 Å². The highest BCUT2D eigenvalue weighted by Crippen LogP contribution is 2.10. The smallest absolute Gasteiger partial charge is 0.169 e. The molecule has 2 heterocycles. The molecule has 0 fully saturated rings. The molecule has 5 nitrogen and oxygen atoms in total. The van der Waals surface area contributed by atoms with Gasteiger partial charge in [-0.3, -0.25) is 4.68 Å². The highest BCUT2D eigenvalue weighted by Gasteiger charge is 1.98. The van der Waals surface area contributed by atoms with Crippen molar-refractivity contribution in [2.24, 2.45) is 7.05 Å². The molecule has 0 aliphatic heterocycles. The third-order valence-corrected chi connectivity index (χ3v) is 2.27. The Labute approximate surface area is 95.7 Å². The SMILES string of the molecule is Cn1cnc(CNc2ccc(Br)cn2)n1. The molecular formula is C9H10BrN5. The number of rotatable bonds is 3. The maximum Gasteiger partial charge on any atom is 0.169 e. The van der Waals surface area contributed by atoms with Gasteiger partial charge in [-0.1, -0.05) is 0 Å². The third-order valence-electron chi connectivity index (χ3n) is 1.80. The molecule has 0 atom stereocenters. The summed E-state index contributed by atoms with van der Waals surface area (Å²) in [7, 11) is 1.84. The van der Waals surface area contributed by atoms with Crippen LogP contribution < -0.4 is 5.32 Å². The maximum atomic E-state index is 4.18. The van der Waals surface area contributed by atoms with Gasteiger partial charge in [0.05, 0.1) is 6.54 Å². The predicted octanol–water partition coefficient (Wildman–Crippen LogP) is 1.58. The lowest BCUT2D eigenvalue weighted by molar-refractivity contribution is 0.747. The molecule has 0 aliphatic carbocycles. The van der Waals surface area contributed by atoms with Gasteiger partial charge >= 0.3 is 0 Å². The quantitative estimate of drug-likeness (QED) is 0.918. The molecule has 0 bridgehead atoms. The molecule has 0 saturated carbocycles. The Balaban J connectivity index is 1.96. The number of nitrogens with zero attached hydrogens (tertiary/aromatic N) is 4. The maximum absolute atomic E-state index is 4.18. The first kappa shape index (κ1) is 10.1. The van der Waals surface area contributed by atoms with Gasteiger partial charge in [0.2, 0.25) is 0 Å². The molecule has 0 amide bonds. The van der Waals surface area contributed by atoms with E-state index in [0.29, 0.717) is 6.54 Å². The van der Waals surface area contributed by atoms with E-state index in [9.17, 15) is 0 Å². The normalized spacial score (nSPS) is 10.3. The van der Waals surface area contributed by atoms with Gasteiger partial charge in [0.1, 0.15) is 12.1 Å². The van der Waals surface area contributed by atoms with Crippen molar-refractivity contribution in [3.05, 3.63) is 35.0 Å². The number of pyridine rings is 1. The molecule has 15 heavy (non-hydrogen) atoms. The summed E-state index contributed by atoms with van der Waals surface area (Å²) in [4.78, 5) is 8.28. The van der Waals surface area contributed by atoms with E-state index in [1.807, 2.05) is 19.2 Å². The summed E-state index contributed by atoms with van der Waals surface area (Å²) in [6.45, 7) is 0.579. The first-order chi connectivity index (χ1) is 7.24. The van der Waals surface area contributed by atoms with Gasteiger partial charge in [-0.05, 0) is 28.1 Å². The van der Waals surface area contributed by atoms with Crippen molar-refractivity contribution in [1.82, 2.24) is 19.7 Å². The summed E-state index contributed by atoms with van der Waals surface area (Å²) < 4.78 is 2.63. The van der Waals surface area contributed by atoms with E-state index in [-0.39, 0.29) is 0 Å². The van der Waals surface area contributed by atoms with Gasteiger partial charge in [-0.15, -0.1) is 0 Å². The lowest BCUT2D eigenvalue weighted by Gasteiger charge is -2.01. The Bertz CT molecular complexity index is 436. The fourth-order valence-electron chi connectivity index (χ4n) is 1.11. The number of halogens is 1. The number of aromatic nitrogens is 4. The van der Waals surface area contributed by atoms with Gasteiger partial charge in [0.25, 0.3) is 0 Å². The molecule has 0 saturated heterocycles. The lowest BCUT2D eigenvalue weighted by Crippen LogP contribution is -2.03. The second-order valence-corrected chi connectivity index (χ2v) is 3.97. The molecule has 0 aliphatic rings. The molecule has 6 heteroatoms. The summed E-state index contributed by atoms with van der Waals surface area (Å²) in [5, 5.41) is 7.28. The minimum absolute atomic E-state index is 0.579. The Kier molecular flexibility index (Phi) is 2.96. The highest BCUT2D eigenvalue weighted by atomic mass is 79.9. The standard InChI is InChI=1S/C9H10BrN5/c1-15-6-13-9(14-15)5-12-8-3-2-7(10)4-11-8/h2-4,6H,5H2,1H3,(H,11,12). The van der Waals surface area contributed by atoms with E-state index in [1.165, 1.54) is 0 Å². The zero-order valence-electron chi connectivity index (χ0n) is 8.18. The Morgan fingerprint density at radius 1 is 1.40 bits per heavy atom. The first-order valence-corrected chi connectivity index (χ1v) is 5.23. The Morgan fingerprint density at radius 2 is 2.27 bits per heavy atom. The second kappa shape index (κ2) is 4.39. The molecule has 1 N–H and O–H groups in total. The summed E-state index contributed by atoms with van der Waals surface area (Å²) in [6, 6.07) is 3.83. The monoisotopic (exact) mass is 267 g/mol. The van der Waals surface area contributed by atoms with Crippen LogP contribution in [0.3, 0.4) is 0 Å². The number of hydrogen-bond acceptors (Lipinski definition) is 4. The summed E-state index contributed by atoms with van der Waals surface area (Å²) >= 11 is 3.33. The Hall–Kier alpha value is -1.43. The molecule has 2 aromatic rings. The van der Waals surface area contributed by atoms with Crippen LogP contribution >= 0.6 is 15.9 Å². The van der Waals surface area contributed by atoms with Gasteiger partial charge in [0.15, 0.2) is 5.82 Å². The average Bonchev–Trinajstić information content (AvgIpc) is 2.64. The molecule has 0 aromatic carbocycles. The van der Waals surface area contributed by atoms with Crippen LogP contribution in [0, 0.1) is 0 Å². The largest absolute Gasteiger partial charge is 0.363 e. The predicted molar refractivity (Wildman–Crippen MR) is 60.3 cm³/mol. The van der Waals surface area contributed by atoms with Crippen molar-refractivity contribution in [2.75, 3.05) is 5.32 Å². The number of aryl methyl sites for hydroxylation is 1. The van der Waals surface area contributed by atoms with E-state index in [4.69, 9.17) is 0 Å². The summed E-state index contributed by atoms with van der Waals surface area (Å²) in [5.41, 5.74) is 0. The van der Waals surface area contributed by atoms with Crippen molar-refractivity contribution in [1.29, 1.82) is 0 Å². The fraction of sp³-hybridized carbons (Fsp3) is 0.222. The zero-order chi connectivity index (χ0) is 10.7. The van der Waals surface area contributed by atoms with Crippen LogP contribution in [-0.4, -0.2) is 19.7 Å². The van der Waals surface area contributed by atoms with Crippen LogP contribution in [-0.2, 0) is 13.6 Å². The highest BCUT2D eigenvalue weighted by molar-refractivity contribution is 9.10.